The maximum absolute atomic E-state index is 5.53. The quantitative estimate of drug-likeness (QED) is 0.300. The minimum atomic E-state index is 0. The standard InChI is InChI=1S/C21H43N5O.HI/c1-17(2)13-20(25-9-11-27-12-10-25)15-24-21(22-5)23-14-19-7-6-8-26(16-19)18(3)4;/h17-20H,6-16H2,1-5H3,(H2,22,23,24);1H. The lowest BCUT2D eigenvalue weighted by molar-refractivity contribution is 0.0132. The Kier molecular flexibility index (Phi) is 12.9. The van der Waals surface area contributed by atoms with Crippen LogP contribution in [0.1, 0.15) is 47.0 Å². The van der Waals surface area contributed by atoms with Crippen molar-refractivity contribution >= 4 is 29.9 Å². The summed E-state index contributed by atoms with van der Waals surface area (Å²) in [6.07, 6.45) is 3.83. The van der Waals surface area contributed by atoms with Gasteiger partial charge in [-0.25, -0.2) is 0 Å². The second-order valence-electron chi connectivity index (χ2n) is 8.86. The van der Waals surface area contributed by atoms with Crippen molar-refractivity contribution in [1.29, 1.82) is 0 Å². The van der Waals surface area contributed by atoms with Gasteiger partial charge in [-0.3, -0.25) is 9.89 Å². The van der Waals surface area contributed by atoms with Crippen LogP contribution in [-0.2, 0) is 4.74 Å². The number of ether oxygens (including phenoxy) is 1. The maximum atomic E-state index is 5.53. The van der Waals surface area contributed by atoms with Crippen molar-refractivity contribution in [3.05, 3.63) is 0 Å². The molecular weight excluding hydrogens is 465 g/mol. The predicted octanol–water partition coefficient (Wildman–Crippen LogP) is 2.64. The van der Waals surface area contributed by atoms with Crippen molar-refractivity contribution in [2.24, 2.45) is 16.8 Å². The molecule has 2 unspecified atom stereocenters. The Hall–Kier alpha value is -0.120. The minimum Gasteiger partial charge on any atom is -0.379 e. The monoisotopic (exact) mass is 509 g/mol. The normalized spacial score (nSPS) is 23.5. The van der Waals surface area contributed by atoms with E-state index in [0.717, 1.165) is 45.4 Å². The van der Waals surface area contributed by atoms with E-state index in [0.29, 0.717) is 23.9 Å². The van der Waals surface area contributed by atoms with Gasteiger partial charge in [0.15, 0.2) is 5.96 Å². The van der Waals surface area contributed by atoms with Gasteiger partial charge in [-0.05, 0) is 51.5 Å². The van der Waals surface area contributed by atoms with E-state index >= 15 is 0 Å². The van der Waals surface area contributed by atoms with E-state index in [2.05, 4.69) is 53.1 Å². The van der Waals surface area contributed by atoms with Gasteiger partial charge in [-0.2, -0.15) is 0 Å². The number of morpholine rings is 1. The van der Waals surface area contributed by atoms with Gasteiger partial charge in [0.2, 0.25) is 0 Å². The Morgan fingerprint density at radius 1 is 1.07 bits per heavy atom. The molecule has 2 rings (SSSR count). The number of hydrogen-bond acceptors (Lipinski definition) is 4. The van der Waals surface area contributed by atoms with Crippen LogP contribution in [0.25, 0.3) is 0 Å². The molecule has 2 atom stereocenters. The lowest BCUT2D eigenvalue weighted by Crippen LogP contribution is -2.52. The molecule has 0 spiro atoms. The number of nitrogens with zero attached hydrogens (tertiary/aromatic N) is 3. The van der Waals surface area contributed by atoms with Gasteiger partial charge in [-0.1, -0.05) is 13.8 Å². The smallest absolute Gasteiger partial charge is 0.191 e. The lowest BCUT2D eigenvalue weighted by Gasteiger charge is -2.36. The summed E-state index contributed by atoms with van der Waals surface area (Å²) in [5, 5.41) is 7.17. The summed E-state index contributed by atoms with van der Waals surface area (Å²) >= 11 is 0. The number of piperidine rings is 1. The van der Waals surface area contributed by atoms with Crippen molar-refractivity contribution in [3.63, 3.8) is 0 Å². The number of likely N-dealkylation sites (tertiary alicyclic amines) is 1. The molecule has 7 heteroatoms. The third-order valence-electron chi connectivity index (χ3n) is 5.87. The van der Waals surface area contributed by atoms with E-state index in [4.69, 9.17) is 4.74 Å². The second kappa shape index (κ2) is 14.0. The van der Waals surface area contributed by atoms with Crippen LogP contribution < -0.4 is 10.6 Å². The Morgan fingerprint density at radius 2 is 1.79 bits per heavy atom. The molecule has 166 valence electrons. The Bertz CT molecular complexity index is 441. The third kappa shape index (κ3) is 9.13. The minimum absolute atomic E-state index is 0. The van der Waals surface area contributed by atoms with Crippen molar-refractivity contribution in [2.45, 2.75) is 59.0 Å². The highest BCUT2D eigenvalue weighted by Crippen LogP contribution is 2.17. The van der Waals surface area contributed by atoms with E-state index < -0.39 is 0 Å². The lowest BCUT2D eigenvalue weighted by atomic mass is 9.97. The number of halogens is 1. The number of rotatable bonds is 8. The van der Waals surface area contributed by atoms with Crippen LogP contribution in [0, 0.1) is 11.8 Å². The molecule has 0 aromatic heterocycles. The average Bonchev–Trinajstić information content (AvgIpc) is 2.67. The largest absolute Gasteiger partial charge is 0.379 e. The van der Waals surface area contributed by atoms with E-state index in [-0.39, 0.29) is 24.0 Å². The molecule has 0 aromatic carbocycles. The van der Waals surface area contributed by atoms with Crippen LogP contribution in [0.4, 0.5) is 0 Å². The molecule has 2 N–H and O–H groups in total. The summed E-state index contributed by atoms with van der Waals surface area (Å²) in [5.41, 5.74) is 0. The molecule has 2 aliphatic rings. The zero-order chi connectivity index (χ0) is 19.6. The summed E-state index contributed by atoms with van der Waals surface area (Å²) in [6.45, 7) is 17.4. The highest BCUT2D eigenvalue weighted by molar-refractivity contribution is 14.0. The van der Waals surface area contributed by atoms with E-state index in [1.165, 1.54) is 32.4 Å². The second-order valence-corrected chi connectivity index (χ2v) is 8.86. The van der Waals surface area contributed by atoms with Gasteiger partial charge in [0, 0.05) is 51.9 Å². The predicted molar refractivity (Wildman–Crippen MR) is 130 cm³/mol. The van der Waals surface area contributed by atoms with Gasteiger partial charge in [0.1, 0.15) is 0 Å². The van der Waals surface area contributed by atoms with E-state index in [1.807, 2.05) is 7.05 Å². The van der Waals surface area contributed by atoms with Gasteiger partial charge < -0.3 is 20.3 Å². The average molecular weight is 510 g/mol. The first-order valence-electron chi connectivity index (χ1n) is 11.0. The SMILES string of the molecule is CN=C(NCC1CCCN(C(C)C)C1)NCC(CC(C)C)N1CCOCC1.I. The zero-order valence-corrected chi connectivity index (χ0v) is 21.1. The molecule has 2 saturated heterocycles. The molecule has 0 aliphatic carbocycles. The molecule has 2 heterocycles. The van der Waals surface area contributed by atoms with Gasteiger partial charge in [0.25, 0.3) is 0 Å². The first-order chi connectivity index (χ1) is 13.0. The molecule has 0 saturated carbocycles. The molecule has 0 amide bonds. The summed E-state index contributed by atoms with van der Waals surface area (Å²) in [6, 6.07) is 1.19. The number of guanidine groups is 1. The third-order valence-corrected chi connectivity index (χ3v) is 5.87. The highest BCUT2D eigenvalue weighted by Gasteiger charge is 2.23. The Labute approximate surface area is 190 Å². The fourth-order valence-electron chi connectivity index (χ4n) is 4.26. The number of aliphatic imine (C=N–C) groups is 1. The summed E-state index contributed by atoms with van der Waals surface area (Å²) in [7, 11) is 1.88. The fourth-order valence-corrected chi connectivity index (χ4v) is 4.26. The van der Waals surface area contributed by atoms with Crippen LogP contribution >= 0.6 is 24.0 Å². The number of nitrogens with one attached hydrogen (secondary N) is 2. The first-order valence-corrected chi connectivity index (χ1v) is 11.0. The molecular formula is C21H44IN5O. The molecule has 0 radical (unpaired) electrons. The van der Waals surface area contributed by atoms with Crippen LogP contribution in [0.3, 0.4) is 0 Å². The fraction of sp³-hybridized carbons (Fsp3) is 0.952. The van der Waals surface area contributed by atoms with Gasteiger partial charge >= 0.3 is 0 Å². The maximum Gasteiger partial charge on any atom is 0.191 e. The molecule has 2 fully saturated rings. The molecule has 6 nitrogen and oxygen atoms in total. The summed E-state index contributed by atoms with van der Waals surface area (Å²) < 4.78 is 5.53. The van der Waals surface area contributed by atoms with Crippen LogP contribution in [0.5, 0.6) is 0 Å². The Balaban J connectivity index is 0.00000392. The molecule has 28 heavy (non-hydrogen) atoms. The number of hydrogen-bond donors (Lipinski definition) is 2. The van der Waals surface area contributed by atoms with Crippen molar-refractivity contribution in [1.82, 2.24) is 20.4 Å². The van der Waals surface area contributed by atoms with Crippen molar-refractivity contribution in [2.75, 3.05) is 59.5 Å². The van der Waals surface area contributed by atoms with Crippen LogP contribution in [0.2, 0.25) is 0 Å². The van der Waals surface area contributed by atoms with Crippen LogP contribution in [-0.4, -0.2) is 87.4 Å². The van der Waals surface area contributed by atoms with Crippen molar-refractivity contribution < 1.29 is 4.74 Å². The van der Waals surface area contributed by atoms with Gasteiger partial charge in [0.05, 0.1) is 13.2 Å². The van der Waals surface area contributed by atoms with E-state index in [1.54, 1.807) is 0 Å². The highest BCUT2D eigenvalue weighted by atomic mass is 127. The molecule has 2 aliphatic heterocycles. The van der Waals surface area contributed by atoms with Crippen LogP contribution in [0.15, 0.2) is 4.99 Å². The first kappa shape index (κ1) is 25.9. The summed E-state index contributed by atoms with van der Waals surface area (Å²) in [4.78, 5) is 9.64. The molecule has 0 bridgehead atoms. The zero-order valence-electron chi connectivity index (χ0n) is 18.7. The summed E-state index contributed by atoms with van der Waals surface area (Å²) in [5.74, 6) is 2.35. The Morgan fingerprint density at radius 3 is 2.39 bits per heavy atom. The molecule has 0 aromatic rings. The topological polar surface area (TPSA) is 52.1 Å². The van der Waals surface area contributed by atoms with Crippen molar-refractivity contribution in [3.8, 4) is 0 Å². The van der Waals surface area contributed by atoms with Gasteiger partial charge in [-0.15, -0.1) is 24.0 Å². The van der Waals surface area contributed by atoms with E-state index in [9.17, 15) is 0 Å².